The van der Waals surface area contributed by atoms with E-state index in [1.807, 2.05) is 25.1 Å². The summed E-state index contributed by atoms with van der Waals surface area (Å²) in [7, 11) is 1.61. The number of carboxylic acid groups (broad SMARTS) is 1. The lowest BCUT2D eigenvalue weighted by molar-refractivity contribution is -0.146. The molecule has 0 bridgehead atoms. The number of rotatable bonds is 4. The van der Waals surface area contributed by atoms with Crippen molar-refractivity contribution in [2.45, 2.75) is 27.2 Å². The molecule has 0 amide bonds. The first-order chi connectivity index (χ1) is 7.35. The first kappa shape index (κ1) is 12.6. The van der Waals surface area contributed by atoms with Gasteiger partial charge in [-0.3, -0.25) is 4.79 Å². The fourth-order valence-electron chi connectivity index (χ4n) is 1.63. The predicted octanol–water partition coefficient (Wildman–Crippen LogP) is 2.66. The van der Waals surface area contributed by atoms with Crippen molar-refractivity contribution in [1.82, 2.24) is 0 Å². The van der Waals surface area contributed by atoms with E-state index in [1.165, 1.54) is 0 Å². The number of ether oxygens (including phenoxy) is 1. The van der Waals surface area contributed by atoms with Crippen LogP contribution in [0.2, 0.25) is 0 Å². The monoisotopic (exact) mass is 222 g/mol. The molecule has 0 aliphatic heterocycles. The van der Waals surface area contributed by atoms with Crippen LogP contribution >= 0.6 is 0 Å². The van der Waals surface area contributed by atoms with Gasteiger partial charge in [0.05, 0.1) is 12.5 Å². The number of carboxylic acids is 1. The van der Waals surface area contributed by atoms with E-state index in [1.54, 1.807) is 21.0 Å². The Morgan fingerprint density at radius 3 is 2.50 bits per heavy atom. The number of hydrogen-bond acceptors (Lipinski definition) is 2. The summed E-state index contributed by atoms with van der Waals surface area (Å²) in [6, 6.07) is 5.81. The Labute approximate surface area is 96.1 Å². The molecule has 0 spiro atoms. The van der Waals surface area contributed by atoms with Gasteiger partial charge in [-0.05, 0) is 50.5 Å². The molecule has 1 aromatic carbocycles. The second-order valence-electron chi connectivity index (χ2n) is 4.72. The number of benzene rings is 1. The van der Waals surface area contributed by atoms with Gasteiger partial charge in [-0.15, -0.1) is 0 Å². The Morgan fingerprint density at radius 1 is 1.38 bits per heavy atom. The third kappa shape index (κ3) is 2.99. The van der Waals surface area contributed by atoms with Gasteiger partial charge in [-0.1, -0.05) is 6.07 Å². The smallest absolute Gasteiger partial charge is 0.309 e. The van der Waals surface area contributed by atoms with Crippen molar-refractivity contribution in [2.75, 3.05) is 7.11 Å². The quantitative estimate of drug-likeness (QED) is 0.851. The van der Waals surface area contributed by atoms with Crippen molar-refractivity contribution in [2.24, 2.45) is 5.41 Å². The number of aliphatic carboxylic acids is 1. The number of aryl methyl sites for hydroxylation is 1. The molecule has 0 atom stereocenters. The van der Waals surface area contributed by atoms with Gasteiger partial charge in [0.15, 0.2) is 0 Å². The van der Waals surface area contributed by atoms with Gasteiger partial charge in [0.1, 0.15) is 5.75 Å². The Balaban J connectivity index is 2.97. The third-order valence-electron chi connectivity index (χ3n) is 2.57. The highest BCUT2D eigenvalue weighted by Crippen LogP contribution is 2.25. The highest BCUT2D eigenvalue weighted by molar-refractivity contribution is 5.74. The molecule has 0 saturated heterocycles. The van der Waals surface area contributed by atoms with E-state index in [9.17, 15) is 4.79 Å². The fourth-order valence-corrected chi connectivity index (χ4v) is 1.63. The van der Waals surface area contributed by atoms with Crippen LogP contribution in [0.15, 0.2) is 18.2 Å². The van der Waals surface area contributed by atoms with E-state index < -0.39 is 11.4 Å². The molecule has 0 aliphatic carbocycles. The highest BCUT2D eigenvalue weighted by Gasteiger charge is 2.27. The molecule has 0 fully saturated rings. The Bertz CT molecular complexity index is 394. The van der Waals surface area contributed by atoms with Gasteiger partial charge in [0.2, 0.25) is 0 Å². The summed E-state index contributed by atoms with van der Waals surface area (Å²) in [6.45, 7) is 5.42. The molecule has 0 aliphatic rings. The first-order valence-electron chi connectivity index (χ1n) is 5.23. The second kappa shape index (κ2) is 4.56. The van der Waals surface area contributed by atoms with Crippen LogP contribution in [0.1, 0.15) is 25.0 Å². The van der Waals surface area contributed by atoms with Crippen molar-refractivity contribution in [1.29, 1.82) is 0 Å². The topological polar surface area (TPSA) is 46.5 Å². The SMILES string of the molecule is COc1cc(C)cc(CC(C)(C)C(=O)O)c1. The molecule has 88 valence electrons. The lowest BCUT2D eigenvalue weighted by Gasteiger charge is -2.19. The molecule has 0 aromatic heterocycles. The minimum absolute atomic E-state index is 0.500. The van der Waals surface area contributed by atoms with Crippen molar-refractivity contribution in [3.05, 3.63) is 29.3 Å². The lowest BCUT2D eigenvalue weighted by atomic mass is 9.85. The summed E-state index contributed by atoms with van der Waals surface area (Å²) < 4.78 is 5.16. The molecule has 3 nitrogen and oxygen atoms in total. The Kier molecular flexibility index (Phi) is 3.58. The lowest BCUT2D eigenvalue weighted by Crippen LogP contribution is -2.26. The van der Waals surface area contributed by atoms with Crippen LogP contribution in [0.4, 0.5) is 0 Å². The van der Waals surface area contributed by atoms with Crippen LogP contribution in [0.3, 0.4) is 0 Å². The number of methoxy groups -OCH3 is 1. The highest BCUT2D eigenvalue weighted by atomic mass is 16.5. The van der Waals surface area contributed by atoms with Gasteiger partial charge >= 0.3 is 5.97 Å². The molecule has 0 radical (unpaired) electrons. The molecule has 0 heterocycles. The molecule has 16 heavy (non-hydrogen) atoms. The molecular formula is C13H18O3. The standard InChI is InChI=1S/C13H18O3/c1-9-5-10(7-11(6-9)16-4)8-13(2,3)12(14)15/h5-7H,8H2,1-4H3,(H,14,15). The van der Waals surface area contributed by atoms with Crippen LogP contribution < -0.4 is 4.74 Å². The summed E-state index contributed by atoms with van der Waals surface area (Å²) in [5.74, 6) is -0.0100. The van der Waals surface area contributed by atoms with Crippen molar-refractivity contribution >= 4 is 5.97 Å². The Hall–Kier alpha value is -1.51. The van der Waals surface area contributed by atoms with Gasteiger partial charge in [-0.2, -0.15) is 0 Å². The van der Waals surface area contributed by atoms with Crippen molar-refractivity contribution in [3.63, 3.8) is 0 Å². The zero-order valence-corrected chi connectivity index (χ0v) is 10.2. The minimum atomic E-state index is -0.784. The van der Waals surface area contributed by atoms with E-state index in [-0.39, 0.29) is 0 Å². The average Bonchev–Trinajstić information content (AvgIpc) is 2.15. The second-order valence-corrected chi connectivity index (χ2v) is 4.72. The van der Waals surface area contributed by atoms with Crippen LogP contribution in [0.5, 0.6) is 5.75 Å². The normalized spacial score (nSPS) is 11.2. The predicted molar refractivity (Wildman–Crippen MR) is 62.9 cm³/mol. The van der Waals surface area contributed by atoms with E-state index in [0.29, 0.717) is 6.42 Å². The number of carbonyl (C=O) groups is 1. The first-order valence-corrected chi connectivity index (χ1v) is 5.23. The maximum atomic E-state index is 11.0. The van der Waals surface area contributed by atoms with Crippen LogP contribution in [0, 0.1) is 12.3 Å². The Morgan fingerprint density at radius 2 is 2.00 bits per heavy atom. The number of hydrogen-bond donors (Lipinski definition) is 1. The summed E-state index contributed by atoms with van der Waals surface area (Å²) in [5, 5.41) is 9.07. The van der Waals surface area contributed by atoms with E-state index >= 15 is 0 Å². The van der Waals surface area contributed by atoms with Crippen LogP contribution in [0.25, 0.3) is 0 Å². The van der Waals surface area contributed by atoms with E-state index in [2.05, 4.69) is 0 Å². The third-order valence-corrected chi connectivity index (χ3v) is 2.57. The zero-order valence-electron chi connectivity index (χ0n) is 10.2. The summed E-state index contributed by atoms with van der Waals surface area (Å²) in [6.07, 6.45) is 0.500. The fraction of sp³-hybridized carbons (Fsp3) is 0.462. The van der Waals surface area contributed by atoms with Crippen molar-refractivity contribution in [3.8, 4) is 5.75 Å². The molecule has 1 N–H and O–H groups in total. The van der Waals surface area contributed by atoms with Gasteiger partial charge in [0.25, 0.3) is 0 Å². The largest absolute Gasteiger partial charge is 0.497 e. The minimum Gasteiger partial charge on any atom is -0.497 e. The van der Waals surface area contributed by atoms with E-state index in [0.717, 1.165) is 16.9 Å². The molecule has 1 rings (SSSR count). The van der Waals surface area contributed by atoms with Crippen LogP contribution in [-0.4, -0.2) is 18.2 Å². The van der Waals surface area contributed by atoms with Crippen molar-refractivity contribution < 1.29 is 14.6 Å². The summed E-state index contributed by atoms with van der Waals surface area (Å²) in [4.78, 5) is 11.0. The maximum absolute atomic E-state index is 11.0. The summed E-state index contributed by atoms with van der Waals surface area (Å²) in [5.41, 5.74) is 1.32. The molecule has 0 unspecified atom stereocenters. The molecule has 0 saturated carbocycles. The van der Waals surface area contributed by atoms with E-state index in [4.69, 9.17) is 9.84 Å². The molecule has 1 aromatic rings. The maximum Gasteiger partial charge on any atom is 0.309 e. The zero-order chi connectivity index (χ0) is 12.3. The molecular weight excluding hydrogens is 204 g/mol. The van der Waals surface area contributed by atoms with Crippen LogP contribution in [-0.2, 0) is 11.2 Å². The molecule has 3 heteroatoms. The van der Waals surface area contributed by atoms with Gasteiger partial charge < -0.3 is 9.84 Å². The summed E-state index contributed by atoms with van der Waals surface area (Å²) >= 11 is 0. The van der Waals surface area contributed by atoms with Gasteiger partial charge in [-0.25, -0.2) is 0 Å². The average molecular weight is 222 g/mol. The van der Waals surface area contributed by atoms with Gasteiger partial charge in [0, 0.05) is 0 Å².